The Bertz CT molecular complexity index is 1000. The molecule has 7 heteroatoms. The third kappa shape index (κ3) is 4.92. The van der Waals surface area contributed by atoms with Crippen molar-refractivity contribution in [3.8, 4) is 5.75 Å². The Morgan fingerprint density at radius 1 is 1.24 bits per heavy atom. The van der Waals surface area contributed by atoms with Gasteiger partial charge in [0.2, 0.25) is 0 Å². The summed E-state index contributed by atoms with van der Waals surface area (Å²) in [5.41, 5.74) is 6.86. The summed E-state index contributed by atoms with van der Waals surface area (Å²) in [5, 5.41) is 4.87. The van der Waals surface area contributed by atoms with Gasteiger partial charge in [0.15, 0.2) is 6.61 Å². The zero-order valence-corrected chi connectivity index (χ0v) is 18.3. The number of likely N-dealkylation sites (N-methyl/N-ethyl adjacent to an activating group) is 1. The number of halogens is 2. The first-order chi connectivity index (χ1) is 13.7. The van der Waals surface area contributed by atoms with Crippen LogP contribution in [0.1, 0.15) is 31.9 Å². The van der Waals surface area contributed by atoms with Gasteiger partial charge in [-0.2, -0.15) is 5.10 Å². The van der Waals surface area contributed by atoms with E-state index in [9.17, 15) is 4.79 Å². The van der Waals surface area contributed by atoms with Crippen molar-refractivity contribution in [3.63, 3.8) is 0 Å². The maximum atomic E-state index is 11.9. The van der Waals surface area contributed by atoms with Crippen LogP contribution >= 0.6 is 23.2 Å². The van der Waals surface area contributed by atoms with Crippen LogP contribution in [-0.2, 0) is 4.79 Å². The molecule has 0 radical (unpaired) electrons. The Morgan fingerprint density at radius 3 is 2.72 bits per heavy atom. The highest BCUT2D eigenvalue weighted by molar-refractivity contribution is 6.35. The van der Waals surface area contributed by atoms with E-state index >= 15 is 0 Å². The average Bonchev–Trinajstić information content (AvgIpc) is 2.65. The molecule has 1 aliphatic heterocycles. The van der Waals surface area contributed by atoms with Gasteiger partial charge in [0, 0.05) is 23.3 Å². The van der Waals surface area contributed by atoms with Gasteiger partial charge in [-0.05, 0) is 62.2 Å². The Hall–Kier alpha value is -2.50. The molecule has 1 aliphatic rings. The normalized spacial score (nSPS) is 15.1. The second kappa shape index (κ2) is 8.47. The van der Waals surface area contributed by atoms with Crippen LogP contribution in [0, 0.1) is 0 Å². The first-order valence-electron chi connectivity index (χ1n) is 9.15. The van der Waals surface area contributed by atoms with Gasteiger partial charge in [0.1, 0.15) is 5.75 Å². The highest BCUT2D eigenvalue weighted by atomic mass is 35.5. The molecule has 2 aromatic carbocycles. The number of amides is 1. The standard InChI is InChI=1S/C22H23Cl2N3O2/c1-14-11-22(2,3)27(4)19-7-5-15(9-17(14)19)12-25-26-21(28)13-29-20-8-6-16(23)10-18(20)24/h5-12H,13H2,1-4H3,(H,26,28)/b25-12-. The van der Waals surface area contributed by atoms with Gasteiger partial charge in [-0.3, -0.25) is 4.79 Å². The van der Waals surface area contributed by atoms with E-state index in [1.807, 2.05) is 6.07 Å². The van der Waals surface area contributed by atoms with E-state index < -0.39 is 0 Å². The predicted molar refractivity (Wildman–Crippen MR) is 120 cm³/mol. The number of anilines is 1. The molecule has 1 heterocycles. The van der Waals surface area contributed by atoms with Crippen molar-refractivity contribution in [1.29, 1.82) is 0 Å². The molecule has 2 aromatic rings. The first-order valence-corrected chi connectivity index (χ1v) is 9.90. The molecular formula is C22H23Cl2N3O2. The van der Waals surface area contributed by atoms with E-state index in [-0.39, 0.29) is 18.1 Å². The molecule has 0 aliphatic carbocycles. The van der Waals surface area contributed by atoms with Gasteiger partial charge in [0.25, 0.3) is 5.91 Å². The molecule has 5 nitrogen and oxygen atoms in total. The van der Waals surface area contributed by atoms with Crippen LogP contribution < -0.4 is 15.1 Å². The summed E-state index contributed by atoms with van der Waals surface area (Å²) in [6.07, 6.45) is 3.86. The highest BCUT2D eigenvalue weighted by Crippen LogP contribution is 2.37. The number of nitrogens with one attached hydrogen (secondary N) is 1. The second-order valence-corrected chi connectivity index (χ2v) is 8.32. The number of allylic oxidation sites excluding steroid dienone is 1. The van der Waals surface area contributed by atoms with Crippen molar-refractivity contribution < 1.29 is 9.53 Å². The minimum atomic E-state index is -0.386. The molecule has 0 spiro atoms. The smallest absolute Gasteiger partial charge is 0.277 e. The third-order valence-electron chi connectivity index (χ3n) is 4.90. The van der Waals surface area contributed by atoms with Crippen LogP contribution in [0.5, 0.6) is 5.75 Å². The van der Waals surface area contributed by atoms with Crippen LogP contribution in [0.15, 0.2) is 47.6 Å². The van der Waals surface area contributed by atoms with Crippen LogP contribution in [0.3, 0.4) is 0 Å². The summed E-state index contributed by atoms with van der Waals surface area (Å²) in [6, 6.07) is 10.9. The van der Waals surface area contributed by atoms with Crippen molar-refractivity contribution in [2.75, 3.05) is 18.6 Å². The second-order valence-electron chi connectivity index (χ2n) is 7.47. The van der Waals surface area contributed by atoms with E-state index in [2.05, 4.69) is 61.5 Å². The van der Waals surface area contributed by atoms with Crippen LogP contribution in [0.2, 0.25) is 10.0 Å². The lowest BCUT2D eigenvalue weighted by atomic mass is 9.89. The lowest BCUT2D eigenvalue weighted by molar-refractivity contribution is -0.123. The Labute approximate surface area is 180 Å². The number of hydrogen-bond donors (Lipinski definition) is 1. The molecule has 152 valence electrons. The van der Waals surface area contributed by atoms with Crippen LogP contribution in [0.4, 0.5) is 5.69 Å². The van der Waals surface area contributed by atoms with E-state index in [0.717, 1.165) is 11.1 Å². The summed E-state index contributed by atoms with van der Waals surface area (Å²) >= 11 is 11.9. The summed E-state index contributed by atoms with van der Waals surface area (Å²) in [5.74, 6) is 0.00183. The first kappa shape index (κ1) is 21.2. The zero-order valence-electron chi connectivity index (χ0n) is 16.8. The van der Waals surface area contributed by atoms with Crippen molar-refractivity contribution in [3.05, 3.63) is 63.6 Å². The minimum absolute atomic E-state index is 0.0341. The van der Waals surface area contributed by atoms with E-state index in [4.69, 9.17) is 27.9 Å². The largest absolute Gasteiger partial charge is 0.482 e. The predicted octanol–water partition coefficient (Wildman–Crippen LogP) is 5.15. The number of nitrogens with zero attached hydrogens (tertiary/aromatic N) is 2. The molecule has 0 saturated carbocycles. The number of hydrogen-bond acceptors (Lipinski definition) is 4. The Kier molecular flexibility index (Phi) is 6.20. The van der Waals surface area contributed by atoms with Crippen molar-refractivity contribution in [1.82, 2.24) is 5.43 Å². The number of hydrazone groups is 1. The summed E-state index contributed by atoms with van der Waals surface area (Å²) in [6.45, 7) is 6.27. The van der Waals surface area contributed by atoms with Gasteiger partial charge in [-0.15, -0.1) is 0 Å². The Balaban J connectivity index is 1.61. The molecule has 0 bridgehead atoms. The van der Waals surface area contributed by atoms with Crippen molar-refractivity contribution >= 4 is 46.6 Å². The third-order valence-corrected chi connectivity index (χ3v) is 5.43. The highest BCUT2D eigenvalue weighted by Gasteiger charge is 2.28. The van der Waals surface area contributed by atoms with Gasteiger partial charge in [0.05, 0.1) is 16.8 Å². The molecule has 0 unspecified atom stereocenters. The number of benzene rings is 2. The lowest BCUT2D eigenvalue weighted by Gasteiger charge is -2.40. The van der Waals surface area contributed by atoms with E-state index in [1.54, 1.807) is 24.4 Å². The lowest BCUT2D eigenvalue weighted by Crippen LogP contribution is -2.42. The average molecular weight is 432 g/mol. The number of rotatable bonds is 5. The zero-order chi connectivity index (χ0) is 21.2. The van der Waals surface area contributed by atoms with E-state index in [1.165, 1.54) is 11.3 Å². The minimum Gasteiger partial charge on any atom is -0.482 e. The summed E-state index contributed by atoms with van der Waals surface area (Å²) < 4.78 is 5.39. The maximum Gasteiger partial charge on any atom is 0.277 e. The molecule has 0 aromatic heterocycles. The van der Waals surface area contributed by atoms with Crippen LogP contribution in [0.25, 0.3) is 5.57 Å². The molecule has 1 N–H and O–H groups in total. The molecule has 0 fully saturated rings. The van der Waals surface area contributed by atoms with Crippen LogP contribution in [-0.4, -0.2) is 31.3 Å². The molecule has 29 heavy (non-hydrogen) atoms. The van der Waals surface area contributed by atoms with Crippen molar-refractivity contribution in [2.24, 2.45) is 5.10 Å². The quantitative estimate of drug-likeness (QED) is 0.525. The molecule has 1 amide bonds. The fourth-order valence-corrected chi connectivity index (χ4v) is 3.67. The monoisotopic (exact) mass is 431 g/mol. The molecule has 0 atom stereocenters. The molecule has 0 saturated heterocycles. The van der Waals surface area contributed by atoms with Gasteiger partial charge in [-0.1, -0.05) is 35.3 Å². The number of ether oxygens (including phenoxy) is 1. The van der Waals surface area contributed by atoms with Crippen molar-refractivity contribution in [2.45, 2.75) is 26.3 Å². The summed E-state index contributed by atoms with van der Waals surface area (Å²) in [7, 11) is 2.09. The number of carbonyl (C=O) groups excluding carboxylic acids is 1. The van der Waals surface area contributed by atoms with Gasteiger partial charge < -0.3 is 9.64 Å². The Morgan fingerprint density at radius 2 is 2.00 bits per heavy atom. The number of carbonyl (C=O) groups is 1. The van der Waals surface area contributed by atoms with Gasteiger partial charge in [-0.25, -0.2) is 5.43 Å². The maximum absolute atomic E-state index is 11.9. The fraction of sp³-hybridized carbons (Fsp3) is 0.273. The molecular weight excluding hydrogens is 409 g/mol. The SMILES string of the molecule is CC1=CC(C)(C)N(C)c2ccc(/C=N\NC(=O)COc3ccc(Cl)cc3Cl)cc21. The fourth-order valence-electron chi connectivity index (χ4n) is 3.20. The summed E-state index contributed by atoms with van der Waals surface area (Å²) in [4.78, 5) is 14.2. The molecule has 3 rings (SSSR count). The van der Waals surface area contributed by atoms with E-state index in [0.29, 0.717) is 15.8 Å². The van der Waals surface area contributed by atoms with Gasteiger partial charge >= 0.3 is 0 Å². The topological polar surface area (TPSA) is 53.9 Å². The number of fused-ring (bicyclic) bond motifs is 1.